The quantitative estimate of drug-likeness (QED) is 0.740. The molecule has 0 atom stereocenters. The molecule has 4 N–H and O–H groups in total. The molecule has 0 bridgehead atoms. The maximum atomic E-state index is 12.0. The van der Waals surface area contributed by atoms with E-state index in [9.17, 15) is 14.4 Å². The minimum atomic E-state index is -1.23. The van der Waals surface area contributed by atoms with Crippen LogP contribution in [0.5, 0.6) is 0 Å². The number of benzene rings is 1. The van der Waals surface area contributed by atoms with Gasteiger partial charge in [-0.25, -0.2) is 4.79 Å². The third-order valence-electron chi connectivity index (χ3n) is 2.65. The van der Waals surface area contributed by atoms with Gasteiger partial charge in [-0.3, -0.25) is 9.59 Å². The number of carboxylic acids is 1. The first-order valence-corrected chi connectivity index (χ1v) is 6.82. The van der Waals surface area contributed by atoms with Crippen LogP contribution in [0.2, 0.25) is 0 Å². The molecule has 114 valence electrons. The molecular formula is C13H16BrN3O4. The van der Waals surface area contributed by atoms with E-state index in [0.29, 0.717) is 5.69 Å². The molecule has 0 heterocycles. The highest BCUT2D eigenvalue weighted by Gasteiger charge is 2.19. The molecule has 1 rings (SSSR count). The molecule has 21 heavy (non-hydrogen) atoms. The second-order valence-corrected chi connectivity index (χ2v) is 5.36. The van der Waals surface area contributed by atoms with E-state index in [1.54, 1.807) is 12.1 Å². The molecule has 0 aliphatic carbocycles. The second-order valence-electron chi connectivity index (χ2n) is 4.57. The highest BCUT2D eigenvalue weighted by molar-refractivity contribution is 9.10. The molecule has 1 aromatic rings. The van der Waals surface area contributed by atoms with Crippen LogP contribution in [0.25, 0.3) is 0 Å². The van der Waals surface area contributed by atoms with Gasteiger partial charge in [-0.05, 0) is 37.1 Å². The fourth-order valence-electron chi connectivity index (χ4n) is 1.77. The number of rotatable bonds is 5. The summed E-state index contributed by atoms with van der Waals surface area (Å²) in [5.41, 5.74) is 7.36. The zero-order valence-corrected chi connectivity index (χ0v) is 13.2. The number of amides is 3. The van der Waals surface area contributed by atoms with Crippen molar-refractivity contribution >= 4 is 39.5 Å². The van der Waals surface area contributed by atoms with Gasteiger partial charge in [0.05, 0.1) is 0 Å². The summed E-state index contributed by atoms with van der Waals surface area (Å²) in [4.78, 5) is 34.5. The van der Waals surface area contributed by atoms with Crippen LogP contribution in [0.15, 0.2) is 16.6 Å². The number of carbonyl (C=O) groups is 3. The Bertz CT molecular complexity index is 550. The fraction of sp³-hybridized carbons (Fsp3) is 0.308. The van der Waals surface area contributed by atoms with E-state index in [-0.39, 0.29) is 0 Å². The fourth-order valence-corrected chi connectivity index (χ4v) is 2.00. The van der Waals surface area contributed by atoms with Crippen LogP contribution in [0.1, 0.15) is 11.1 Å². The number of carboxylic acid groups (broad SMARTS) is 1. The smallest absolute Gasteiger partial charge is 0.323 e. The molecule has 8 heteroatoms. The van der Waals surface area contributed by atoms with Crippen LogP contribution >= 0.6 is 15.9 Å². The summed E-state index contributed by atoms with van der Waals surface area (Å²) in [7, 11) is 0. The molecule has 0 saturated carbocycles. The van der Waals surface area contributed by atoms with Gasteiger partial charge in [-0.1, -0.05) is 15.9 Å². The van der Waals surface area contributed by atoms with Crippen molar-refractivity contribution in [2.45, 2.75) is 13.8 Å². The molecular weight excluding hydrogens is 342 g/mol. The predicted molar refractivity (Wildman–Crippen MR) is 81.0 cm³/mol. The van der Waals surface area contributed by atoms with Crippen molar-refractivity contribution in [1.29, 1.82) is 0 Å². The minimum Gasteiger partial charge on any atom is -0.480 e. The molecule has 0 aliphatic rings. The monoisotopic (exact) mass is 357 g/mol. The van der Waals surface area contributed by atoms with Crippen LogP contribution in [0.4, 0.5) is 10.5 Å². The van der Waals surface area contributed by atoms with E-state index in [4.69, 9.17) is 10.8 Å². The number of hydrogen-bond donors (Lipinski definition) is 3. The lowest BCUT2D eigenvalue weighted by molar-refractivity contribution is -0.137. The molecule has 0 spiro atoms. The van der Waals surface area contributed by atoms with Gasteiger partial charge in [-0.15, -0.1) is 0 Å². The predicted octanol–water partition coefficient (Wildman–Crippen LogP) is 1.47. The number of aliphatic carboxylic acids is 1. The minimum absolute atomic E-state index is 0.466. The van der Waals surface area contributed by atoms with Crippen molar-refractivity contribution in [2.75, 3.05) is 18.4 Å². The topological polar surface area (TPSA) is 113 Å². The molecule has 1 aromatic carbocycles. The number of nitrogens with zero attached hydrogens (tertiary/aromatic N) is 1. The molecule has 3 amide bonds. The van der Waals surface area contributed by atoms with Crippen molar-refractivity contribution in [3.05, 3.63) is 27.7 Å². The van der Waals surface area contributed by atoms with Gasteiger partial charge in [0, 0.05) is 10.2 Å². The maximum absolute atomic E-state index is 12.0. The Morgan fingerprint density at radius 2 is 1.76 bits per heavy atom. The number of halogens is 1. The lowest BCUT2D eigenvalue weighted by Crippen LogP contribution is -2.43. The number of nitrogens with one attached hydrogen (secondary N) is 1. The Kier molecular flexibility index (Phi) is 5.71. The van der Waals surface area contributed by atoms with Crippen molar-refractivity contribution in [3.8, 4) is 0 Å². The Morgan fingerprint density at radius 1 is 1.24 bits per heavy atom. The van der Waals surface area contributed by atoms with Gasteiger partial charge >= 0.3 is 12.0 Å². The summed E-state index contributed by atoms with van der Waals surface area (Å²) in [5, 5.41) is 11.3. The van der Waals surface area contributed by atoms with Crippen molar-refractivity contribution in [2.24, 2.45) is 5.73 Å². The van der Waals surface area contributed by atoms with Gasteiger partial charge < -0.3 is 21.1 Å². The largest absolute Gasteiger partial charge is 0.480 e. The van der Waals surface area contributed by atoms with Crippen molar-refractivity contribution in [3.63, 3.8) is 0 Å². The summed E-state index contributed by atoms with van der Waals surface area (Å²) in [6.45, 7) is 2.66. The summed E-state index contributed by atoms with van der Waals surface area (Å²) < 4.78 is 0.931. The second kappa shape index (κ2) is 7.07. The van der Waals surface area contributed by atoms with Crippen LogP contribution in [0, 0.1) is 13.8 Å². The van der Waals surface area contributed by atoms with Gasteiger partial charge in [-0.2, -0.15) is 0 Å². The Hall–Kier alpha value is -2.09. The first-order chi connectivity index (χ1) is 9.70. The number of nitrogens with two attached hydrogens (primary N) is 1. The number of primary amides is 1. The molecule has 0 radical (unpaired) electrons. The number of urea groups is 1. The summed E-state index contributed by atoms with van der Waals surface area (Å²) in [6, 6.07) is 2.77. The summed E-state index contributed by atoms with van der Waals surface area (Å²) in [6.07, 6.45) is 0. The molecule has 0 unspecified atom stereocenters. The number of hydrogen-bond acceptors (Lipinski definition) is 3. The summed E-state index contributed by atoms with van der Waals surface area (Å²) in [5.74, 6) is -2.01. The van der Waals surface area contributed by atoms with E-state index in [1.165, 1.54) is 0 Å². The standard InChI is InChI=1S/C13H16BrN3O4/c1-7-3-9(4-8(2)12(7)14)16-13(21)17(5-10(15)18)6-11(19)20/h3-4H,5-6H2,1-2H3,(H2,15,18)(H,16,21)(H,19,20). The van der Waals surface area contributed by atoms with Crippen molar-refractivity contribution in [1.82, 2.24) is 4.90 Å². The van der Waals surface area contributed by atoms with Crippen LogP contribution < -0.4 is 11.1 Å². The Morgan fingerprint density at radius 3 is 2.19 bits per heavy atom. The molecule has 0 aromatic heterocycles. The van der Waals surface area contributed by atoms with Gasteiger partial charge in [0.1, 0.15) is 13.1 Å². The third kappa shape index (κ3) is 5.07. The van der Waals surface area contributed by atoms with Gasteiger partial charge in [0.2, 0.25) is 5.91 Å². The summed E-state index contributed by atoms with van der Waals surface area (Å²) >= 11 is 3.41. The molecule has 0 fully saturated rings. The van der Waals surface area contributed by atoms with E-state index >= 15 is 0 Å². The Balaban J connectivity index is 2.90. The first-order valence-electron chi connectivity index (χ1n) is 6.03. The number of anilines is 1. The first kappa shape index (κ1) is 17.0. The number of carbonyl (C=O) groups excluding carboxylic acids is 2. The van der Waals surface area contributed by atoms with Crippen LogP contribution in [-0.2, 0) is 9.59 Å². The van der Waals surface area contributed by atoms with E-state index in [2.05, 4.69) is 21.2 Å². The molecule has 0 aliphatic heterocycles. The van der Waals surface area contributed by atoms with E-state index in [1.807, 2.05) is 13.8 Å². The average molecular weight is 358 g/mol. The van der Waals surface area contributed by atoms with Crippen LogP contribution in [0.3, 0.4) is 0 Å². The SMILES string of the molecule is Cc1cc(NC(=O)N(CC(N)=O)CC(=O)O)cc(C)c1Br. The lowest BCUT2D eigenvalue weighted by Gasteiger charge is -2.20. The highest BCUT2D eigenvalue weighted by atomic mass is 79.9. The zero-order chi connectivity index (χ0) is 16.2. The third-order valence-corrected chi connectivity index (χ3v) is 3.90. The molecule has 7 nitrogen and oxygen atoms in total. The van der Waals surface area contributed by atoms with Gasteiger partial charge in [0.15, 0.2) is 0 Å². The van der Waals surface area contributed by atoms with Crippen molar-refractivity contribution < 1.29 is 19.5 Å². The van der Waals surface area contributed by atoms with E-state index < -0.39 is 31.0 Å². The van der Waals surface area contributed by atoms with Crippen LogP contribution in [-0.4, -0.2) is 41.0 Å². The maximum Gasteiger partial charge on any atom is 0.323 e. The average Bonchev–Trinajstić information content (AvgIpc) is 2.33. The normalized spacial score (nSPS) is 10.0. The zero-order valence-electron chi connectivity index (χ0n) is 11.6. The highest BCUT2D eigenvalue weighted by Crippen LogP contribution is 2.25. The Labute approximate surface area is 130 Å². The van der Waals surface area contributed by atoms with Gasteiger partial charge in [0.25, 0.3) is 0 Å². The lowest BCUT2D eigenvalue weighted by atomic mass is 10.1. The van der Waals surface area contributed by atoms with E-state index in [0.717, 1.165) is 20.5 Å². The molecule has 0 saturated heterocycles. The number of aryl methyl sites for hydroxylation is 2.